The van der Waals surface area contributed by atoms with Crippen LogP contribution in [0.2, 0.25) is 0 Å². The number of allylic oxidation sites excluding steroid dienone is 4. The van der Waals surface area contributed by atoms with E-state index < -0.39 is 0 Å². The van der Waals surface area contributed by atoms with E-state index in [1.165, 1.54) is 0 Å². The highest BCUT2D eigenvalue weighted by Crippen LogP contribution is 2.52. The molecule has 3 aliphatic rings. The lowest BCUT2D eigenvalue weighted by atomic mass is 9.55. The number of rotatable bonds is 0. The predicted octanol–water partition coefficient (Wildman–Crippen LogP) is 3.43. The average molecular weight is 300 g/mol. The zero-order valence-corrected chi connectivity index (χ0v) is 13.4. The third kappa shape index (κ3) is 2.51. The van der Waals surface area contributed by atoms with Crippen LogP contribution in [0.1, 0.15) is 52.4 Å². The zero-order valence-electron chi connectivity index (χ0n) is 13.4. The molecular weight excluding hydrogens is 276 g/mol. The largest absolute Gasteiger partial charge is 0.300 e. The second-order valence-electron chi connectivity index (χ2n) is 7.42. The molecule has 4 atom stereocenters. The monoisotopic (exact) mass is 300 g/mol. The maximum atomic E-state index is 12.9. The van der Waals surface area contributed by atoms with E-state index in [2.05, 4.69) is 26.0 Å². The topological polar surface area (TPSA) is 51.2 Å². The number of Topliss-reactive ketones (excluding diaryl/α,β-unsaturated/α-hetero) is 2. The average Bonchev–Trinajstić information content (AvgIpc) is 2.53. The van der Waals surface area contributed by atoms with Gasteiger partial charge in [0.15, 0.2) is 5.78 Å². The van der Waals surface area contributed by atoms with Crippen molar-refractivity contribution in [2.75, 3.05) is 0 Å². The van der Waals surface area contributed by atoms with Crippen molar-refractivity contribution in [2.45, 2.75) is 52.4 Å². The van der Waals surface area contributed by atoms with Crippen molar-refractivity contribution >= 4 is 17.3 Å². The van der Waals surface area contributed by atoms with Crippen molar-refractivity contribution < 1.29 is 14.4 Å². The molecule has 22 heavy (non-hydrogen) atoms. The summed E-state index contributed by atoms with van der Waals surface area (Å²) < 4.78 is 0. The summed E-state index contributed by atoms with van der Waals surface area (Å²) in [6, 6.07) is 0. The molecule has 0 saturated heterocycles. The first-order chi connectivity index (χ1) is 10.4. The molecule has 2 unspecified atom stereocenters. The molecule has 0 aromatic heterocycles. The SMILES string of the molecule is CC1CCC(=O)CCC(=O)[C@H]2C1C=CC1=CC(=O)CC[C@@]12C. The molecule has 3 aliphatic carbocycles. The van der Waals surface area contributed by atoms with Crippen LogP contribution >= 0.6 is 0 Å². The van der Waals surface area contributed by atoms with Gasteiger partial charge in [-0.3, -0.25) is 14.4 Å². The van der Waals surface area contributed by atoms with Crippen molar-refractivity contribution in [2.24, 2.45) is 23.2 Å². The molecule has 1 fully saturated rings. The van der Waals surface area contributed by atoms with Crippen molar-refractivity contribution in [3.63, 3.8) is 0 Å². The lowest BCUT2D eigenvalue weighted by Gasteiger charge is -2.47. The fraction of sp³-hybridized carbons (Fsp3) is 0.632. The van der Waals surface area contributed by atoms with Gasteiger partial charge >= 0.3 is 0 Å². The Morgan fingerprint density at radius 2 is 1.86 bits per heavy atom. The molecule has 0 spiro atoms. The maximum absolute atomic E-state index is 12.9. The van der Waals surface area contributed by atoms with E-state index in [4.69, 9.17) is 0 Å². The van der Waals surface area contributed by atoms with Crippen molar-refractivity contribution in [3.05, 3.63) is 23.8 Å². The van der Waals surface area contributed by atoms with Gasteiger partial charge in [-0.05, 0) is 36.3 Å². The Hall–Kier alpha value is -1.51. The number of carbonyl (C=O) groups is 3. The third-order valence-electron chi connectivity index (χ3n) is 5.97. The Balaban J connectivity index is 2.05. The van der Waals surface area contributed by atoms with Crippen molar-refractivity contribution in [1.29, 1.82) is 0 Å². The highest BCUT2D eigenvalue weighted by atomic mass is 16.1. The normalized spacial score (nSPS) is 39.3. The van der Waals surface area contributed by atoms with Gasteiger partial charge in [-0.2, -0.15) is 0 Å². The Bertz CT molecular complexity index is 583. The van der Waals surface area contributed by atoms with Gasteiger partial charge in [-0.25, -0.2) is 0 Å². The third-order valence-corrected chi connectivity index (χ3v) is 5.97. The van der Waals surface area contributed by atoms with Gasteiger partial charge in [0, 0.05) is 37.0 Å². The summed E-state index contributed by atoms with van der Waals surface area (Å²) in [5.41, 5.74) is 0.766. The van der Waals surface area contributed by atoms with Gasteiger partial charge in [0.2, 0.25) is 0 Å². The van der Waals surface area contributed by atoms with E-state index in [9.17, 15) is 14.4 Å². The second-order valence-corrected chi connectivity index (χ2v) is 7.42. The van der Waals surface area contributed by atoms with Crippen LogP contribution in [0.3, 0.4) is 0 Å². The highest BCUT2D eigenvalue weighted by Gasteiger charge is 2.49. The molecule has 3 nitrogen and oxygen atoms in total. The zero-order chi connectivity index (χ0) is 15.9. The van der Waals surface area contributed by atoms with E-state index in [1.807, 2.05) is 0 Å². The number of carbonyl (C=O) groups excluding carboxylic acids is 3. The van der Waals surface area contributed by atoms with E-state index in [1.54, 1.807) is 6.08 Å². The predicted molar refractivity (Wildman–Crippen MR) is 84.2 cm³/mol. The molecule has 1 saturated carbocycles. The van der Waals surface area contributed by atoms with Crippen LogP contribution < -0.4 is 0 Å². The maximum Gasteiger partial charge on any atom is 0.156 e. The summed E-state index contributed by atoms with van der Waals surface area (Å²) in [4.78, 5) is 36.5. The number of fused-ring (bicyclic) bond motifs is 3. The van der Waals surface area contributed by atoms with Crippen LogP contribution in [0.15, 0.2) is 23.8 Å². The van der Waals surface area contributed by atoms with Crippen LogP contribution in [-0.2, 0) is 14.4 Å². The number of hydrogen-bond acceptors (Lipinski definition) is 3. The van der Waals surface area contributed by atoms with Gasteiger partial charge in [-0.1, -0.05) is 26.0 Å². The minimum Gasteiger partial charge on any atom is -0.300 e. The first kappa shape index (κ1) is 15.4. The fourth-order valence-electron chi connectivity index (χ4n) is 4.47. The molecule has 0 amide bonds. The van der Waals surface area contributed by atoms with Gasteiger partial charge in [0.1, 0.15) is 11.6 Å². The van der Waals surface area contributed by atoms with Crippen LogP contribution in [0, 0.1) is 23.2 Å². The van der Waals surface area contributed by atoms with Crippen LogP contribution in [0.25, 0.3) is 0 Å². The molecule has 0 heterocycles. The first-order valence-electron chi connectivity index (χ1n) is 8.39. The Labute approximate surface area is 131 Å². The van der Waals surface area contributed by atoms with E-state index in [0.717, 1.165) is 18.4 Å². The summed E-state index contributed by atoms with van der Waals surface area (Å²) in [5.74, 6) is 1.01. The molecule has 3 rings (SSSR count). The molecular formula is C19H24O3. The lowest BCUT2D eigenvalue weighted by molar-refractivity contribution is -0.131. The molecule has 0 N–H and O–H groups in total. The summed E-state index contributed by atoms with van der Waals surface area (Å²) in [5, 5.41) is 0. The van der Waals surface area contributed by atoms with Gasteiger partial charge in [-0.15, -0.1) is 0 Å². The molecule has 0 aromatic carbocycles. The summed E-state index contributed by atoms with van der Waals surface area (Å²) in [7, 11) is 0. The molecule has 0 aliphatic heterocycles. The van der Waals surface area contributed by atoms with E-state index in [0.29, 0.717) is 31.6 Å². The fourth-order valence-corrected chi connectivity index (χ4v) is 4.47. The quantitative estimate of drug-likeness (QED) is 0.688. The summed E-state index contributed by atoms with van der Waals surface area (Å²) in [6.45, 7) is 4.29. The molecule has 0 bridgehead atoms. The van der Waals surface area contributed by atoms with Gasteiger partial charge in [0.25, 0.3) is 0 Å². The van der Waals surface area contributed by atoms with Crippen molar-refractivity contribution in [3.8, 4) is 0 Å². The number of hydrogen-bond donors (Lipinski definition) is 0. The Kier molecular flexibility index (Phi) is 3.92. The summed E-state index contributed by atoms with van der Waals surface area (Å²) >= 11 is 0. The molecule has 0 aromatic rings. The highest BCUT2D eigenvalue weighted by molar-refractivity contribution is 5.94. The second kappa shape index (κ2) is 5.60. The van der Waals surface area contributed by atoms with Crippen LogP contribution in [-0.4, -0.2) is 17.3 Å². The number of ketones is 3. The van der Waals surface area contributed by atoms with Crippen molar-refractivity contribution in [1.82, 2.24) is 0 Å². The van der Waals surface area contributed by atoms with E-state index >= 15 is 0 Å². The Morgan fingerprint density at radius 1 is 1.09 bits per heavy atom. The molecule has 3 heteroatoms. The van der Waals surface area contributed by atoms with Crippen LogP contribution in [0.4, 0.5) is 0 Å². The lowest BCUT2D eigenvalue weighted by Crippen LogP contribution is -2.45. The minimum atomic E-state index is -0.244. The minimum absolute atomic E-state index is 0.0854. The smallest absolute Gasteiger partial charge is 0.156 e. The van der Waals surface area contributed by atoms with Crippen LogP contribution in [0.5, 0.6) is 0 Å². The summed E-state index contributed by atoms with van der Waals surface area (Å²) in [6.07, 6.45) is 9.36. The van der Waals surface area contributed by atoms with E-state index in [-0.39, 0.29) is 34.6 Å². The first-order valence-corrected chi connectivity index (χ1v) is 8.39. The van der Waals surface area contributed by atoms with Gasteiger partial charge in [0.05, 0.1) is 0 Å². The standard InChI is InChI=1S/C19H24O3/c1-12-3-5-14(20)6-8-17(22)18-16(12)7-4-13-11-15(21)9-10-19(13,18)2/h4,7,11-12,16,18H,3,5-6,8-10H2,1-2H3/t12?,16?,18-,19+/m1/s1. The van der Waals surface area contributed by atoms with Gasteiger partial charge < -0.3 is 0 Å². The molecule has 118 valence electrons. The Morgan fingerprint density at radius 3 is 2.64 bits per heavy atom. The molecule has 0 radical (unpaired) electrons.